The fourth-order valence-electron chi connectivity index (χ4n) is 7.89. The third kappa shape index (κ3) is 3.37. The summed E-state index contributed by atoms with van der Waals surface area (Å²) in [5.41, 5.74) is 2.62. The number of esters is 2. The highest BCUT2D eigenvalue weighted by Gasteiger charge is 2.69. The zero-order valence-electron chi connectivity index (χ0n) is 21.0. The maximum absolute atomic E-state index is 13.3. The van der Waals surface area contributed by atoms with E-state index < -0.39 is 24.1 Å². The molecule has 4 aliphatic rings. The van der Waals surface area contributed by atoms with Crippen LogP contribution in [0.1, 0.15) is 83.5 Å². The Morgan fingerprint density at radius 3 is 2.35 bits per heavy atom. The van der Waals surface area contributed by atoms with Crippen LogP contribution >= 0.6 is 0 Å². The number of Topliss-reactive ketones (excluding diaryl/α,β-unsaturated/α-hetero) is 1. The van der Waals surface area contributed by atoms with Crippen molar-refractivity contribution in [1.29, 1.82) is 0 Å². The van der Waals surface area contributed by atoms with Crippen LogP contribution in [0.25, 0.3) is 0 Å². The van der Waals surface area contributed by atoms with Crippen LogP contribution in [0.3, 0.4) is 0 Å². The minimum Gasteiger partial charge on any atom is -0.458 e. The van der Waals surface area contributed by atoms with E-state index in [1.807, 2.05) is 18.2 Å². The monoisotopic (exact) mass is 464 g/mol. The van der Waals surface area contributed by atoms with Gasteiger partial charge in [0.05, 0.1) is 5.56 Å². The van der Waals surface area contributed by atoms with E-state index in [-0.39, 0.29) is 33.9 Å². The lowest BCUT2D eigenvalue weighted by Crippen LogP contribution is -2.63. The lowest BCUT2D eigenvalue weighted by molar-refractivity contribution is -0.185. The van der Waals surface area contributed by atoms with Gasteiger partial charge >= 0.3 is 11.9 Å². The first-order valence-corrected chi connectivity index (χ1v) is 12.7. The molecule has 0 aromatic heterocycles. The van der Waals surface area contributed by atoms with Gasteiger partial charge in [0.15, 0.2) is 0 Å². The molecule has 0 amide bonds. The standard InChI is InChI=1S/C29H36O5/c1-17-11-12-27(3,4)23-22(17)29-14-13-28(5,16-29)21(31)15-20(29)24(33-18(2)30)25(23)34-26(32)19-9-7-6-8-10-19/h6-10,20,23-25H,11-16H2,1-5H3. The highest BCUT2D eigenvalue weighted by molar-refractivity contribution is 5.90. The molecule has 0 N–H and O–H groups in total. The Morgan fingerprint density at radius 1 is 0.971 bits per heavy atom. The Morgan fingerprint density at radius 2 is 1.68 bits per heavy atom. The maximum atomic E-state index is 13.3. The van der Waals surface area contributed by atoms with Gasteiger partial charge in [-0.2, -0.15) is 0 Å². The molecule has 2 bridgehead atoms. The molecule has 5 rings (SSSR count). The molecular formula is C29H36O5. The fourth-order valence-corrected chi connectivity index (χ4v) is 7.89. The van der Waals surface area contributed by atoms with E-state index in [1.165, 1.54) is 18.1 Å². The second-order valence-electron chi connectivity index (χ2n) is 12.1. The summed E-state index contributed by atoms with van der Waals surface area (Å²) < 4.78 is 12.3. The minimum atomic E-state index is -0.629. The number of carbonyl (C=O) groups is 3. The van der Waals surface area contributed by atoms with Gasteiger partial charge in [-0.1, -0.05) is 50.1 Å². The molecule has 182 valence electrons. The Labute approximate surface area is 202 Å². The van der Waals surface area contributed by atoms with Crippen molar-refractivity contribution in [3.05, 3.63) is 47.0 Å². The largest absolute Gasteiger partial charge is 0.458 e. The van der Waals surface area contributed by atoms with E-state index in [0.29, 0.717) is 12.0 Å². The van der Waals surface area contributed by atoms with Crippen molar-refractivity contribution in [1.82, 2.24) is 0 Å². The van der Waals surface area contributed by atoms with E-state index in [9.17, 15) is 14.4 Å². The van der Waals surface area contributed by atoms with Gasteiger partial charge in [-0.25, -0.2) is 4.79 Å². The SMILES string of the molecule is CC(=O)OC1C(OC(=O)c2ccccc2)C2C(=C(C)CCC2(C)C)C23CCC(C)(C2)C(=O)CC13. The number of hydrogen-bond donors (Lipinski definition) is 0. The summed E-state index contributed by atoms with van der Waals surface area (Å²) in [4.78, 5) is 39.0. The molecule has 5 nitrogen and oxygen atoms in total. The van der Waals surface area contributed by atoms with Crippen LogP contribution in [-0.2, 0) is 19.1 Å². The van der Waals surface area contributed by atoms with Gasteiger partial charge in [-0.3, -0.25) is 9.59 Å². The van der Waals surface area contributed by atoms with E-state index in [2.05, 4.69) is 27.7 Å². The molecule has 0 radical (unpaired) electrons. The van der Waals surface area contributed by atoms with E-state index in [1.54, 1.807) is 12.1 Å². The predicted molar refractivity (Wildman–Crippen MR) is 128 cm³/mol. The van der Waals surface area contributed by atoms with Crippen LogP contribution in [0.2, 0.25) is 0 Å². The quantitative estimate of drug-likeness (QED) is 0.425. The topological polar surface area (TPSA) is 69.7 Å². The molecule has 3 saturated carbocycles. The van der Waals surface area contributed by atoms with Crippen molar-refractivity contribution in [2.24, 2.45) is 28.1 Å². The molecule has 1 aromatic carbocycles. The van der Waals surface area contributed by atoms with E-state index in [0.717, 1.165) is 32.1 Å². The Hall–Kier alpha value is -2.43. The van der Waals surface area contributed by atoms with Crippen LogP contribution in [0.5, 0.6) is 0 Å². The first-order chi connectivity index (χ1) is 16.0. The van der Waals surface area contributed by atoms with Crippen molar-refractivity contribution in [2.45, 2.75) is 85.4 Å². The Bertz CT molecular complexity index is 1070. The second-order valence-corrected chi connectivity index (χ2v) is 12.1. The molecule has 0 heterocycles. The molecule has 3 fully saturated rings. The van der Waals surface area contributed by atoms with Crippen molar-refractivity contribution >= 4 is 17.7 Å². The Balaban J connectivity index is 1.67. The number of ether oxygens (including phenoxy) is 2. The number of rotatable bonds is 3. The maximum Gasteiger partial charge on any atom is 0.338 e. The molecule has 0 saturated heterocycles. The van der Waals surface area contributed by atoms with Crippen molar-refractivity contribution in [3.63, 3.8) is 0 Å². The highest BCUT2D eigenvalue weighted by atomic mass is 16.6. The van der Waals surface area contributed by atoms with Crippen LogP contribution in [0, 0.1) is 28.1 Å². The summed E-state index contributed by atoms with van der Waals surface area (Å²) >= 11 is 0. The van der Waals surface area contributed by atoms with Gasteiger partial charge in [-0.05, 0) is 62.0 Å². The molecule has 4 aliphatic carbocycles. The summed E-state index contributed by atoms with van der Waals surface area (Å²) in [6.45, 7) is 10.2. The van der Waals surface area contributed by atoms with Gasteiger partial charge < -0.3 is 9.47 Å². The summed E-state index contributed by atoms with van der Waals surface area (Å²) in [6.07, 6.45) is 3.72. The van der Waals surface area contributed by atoms with Crippen molar-refractivity contribution in [3.8, 4) is 0 Å². The van der Waals surface area contributed by atoms with E-state index in [4.69, 9.17) is 9.47 Å². The first kappa shape index (κ1) is 23.3. The fraction of sp³-hybridized carbons (Fsp3) is 0.621. The van der Waals surface area contributed by atoms with Gasteiger partial charge in [-0.15, -0.1) is 0 Å². The van der Waals surface area contributed by atoms with Crippen LogP contribution in [0.15, 0.2) is 41.5 Å². The summed E-state index contributed by atoms with van der Waals surface area (Å²) in [7, 11) is 0. The van der Waals surface area contributed by atoms with Gasteiger partial charge in [0, 0.05) is 30.6 Å². The molecule has 1 aromatic rings. The number of fused-ring (bicyclic) bond motifs is 2. The Kier molecular flexibility index (Phi) is 5.34. The average molecular weight is 465 g/mol. The molecule has 1 spiro atoms. The average Bonchev–Trinajstić information content (AvgIpc) is 3.09. The third-order valence-corrected chi connectivity index (χ3v) is 9.51. The summed E-state index contributed by atoms with van der Waals surface area (Å²) in [6, 6.07) is 8.98. The number of carbonyl (C=O) groups excluding carboxylic acids is 3. The van der Waals surface area contributed by atoms with E-state index >= 15 is 0 Å². The molecule has 34 heavy (non-hydrogen) atoms. The number of benzene rings is 1. The summed E-state index contributed by atoms with van der Waals surface area (Å²) in [5.74, 6) is -0.760. The molecule has 5 heteroatoms. The van der Waals surface area contributed by atoms with Crippen LogP contribution in [0.4, 0.5) is 0 Å². The van der Waals surface area contributed by atoms with Gasteiger partial charge in [0.2, 0.25) is 0 Å². The molecule has 6 unspecified atom stereocenters. The van der Waals surface area contributed by atoms with Crippen molar-refractivity contribution < 1.29 is 23.9 Å². The van der Waals surface area contributed by atoms with Crippen LogP contribution < -0.4 is 0 Å². The normalized spacial score (nSPS) is 38.1. The second kappa shape index (κ2) is 7.79. The van der Waals surface area contributed by atoms with Crippen LogP contribution in [-0.4, -0.2) is 29.9 Å². The zero-order chi connectivity index (χ0) is 24.5. The number of ketones is 1. The third-order valence-electron chi connectivity index (χ3n) is 9.51. The van der Waals surface area contributed by atoms with Gasteiger partial charge in [0.25, 0.3) is 0 Å². The molecular weight excluding hydrogens is 428 g/mol. The highest BCUT2D eigenvalue weighted by Crippen LogP contribution is 2.70. The first-order valence-electron chi connectivity index (χ1n) is 12.7. The minimum absolute atomic E-state index is 0.0509. The zero-order valence-corrected chi connectivity index (χ0v) is 21.0. The smallest absolute Gasteiger partial charge is 0.338 e. The number of allylic oxidation sites excluding steroid dienone is 1. The number of hydrogen-bond acceptors (Lipinski definition) is 5. The summed E-state index contributed by atoms with van der Waals surface area (Å²) in [5, 5.41) is 0. The lowest BCUT2D eigenvalue weighted by Gasteiger charge is -2.60. The molecule has 6 atom stereocenters. The lowest BCUT2D eigenvalue weighted by atomic mass is 9.46. The predicted octanol–water partition coefficient (Wildman–Crippen LogP) is 5.68. The van der Waals surface area contributed by atoms with Gasteiger partial charge in [0.1, 0.15) is 18.0 Å². The van der Waals surface area contributed by atoms with Crippen molar-refractivity contribution in [2.75, 3.05) is 0 Å². The molecule has 0 aliphatic heterocycles.